The minimum absolute atomic E-state index is 0.568. The molecule has 0 saturated heterocycles. The van der Waals surface area contributed by atoms with Crippen LogP contribution >= 0.6 is 0 Å². The predicted octanol–water partition coefficient (Wildman–Crippen LogP) is 4.24. The van der Waals surface area contributed by atoms with Crippen LogP contribution < -0.4 is 15.5 Å². The van der Waals surface area contributed by atoms with Gasteiger partial charge in [-0.25, -0.2) is 4.98 Å². The molecule has 0 fully saturated rings. The number of hydrazone groups is 1. The summed E-state index contributed by atoms with van der Waals surface area (Å²) in [7, 11) is 1.65. The van der Waals surface area contributed by atoms with E-state index in [0.717, 1.165) is 22.7 Å². The molecule has 1 heterocycles. The van der Waals surface area contributed by atoms with Gasteiger partial charge < -0.3 is 10.1 Å². The summed E-state index contributed by atoms with van der Waals surface area (Å²) in [5, 5.41) is 7.68. The molecule has 2 aromatic carbocycles. The zero-order chi connectivity index (χ0) is 19.1. The number of ether oxygens (including phenoxy) is 1. The van der Waals surface area contributed by atoms with E-state index < -0.39 is 0 Å². The van der Waals surface area contributed by atoms with Crippen LogP contribution in [0.25, 0.3) is 0 Å². The Kier molecular flexibility index (Phi) is 5.99. The lowest BCUT2D eigenvalue weighted by Crippen LogP contribution is -2.07. The van der Waals surface area contributed by atoms with Gasteiger partial charge in [-0.05, 0) is 49.2 Å². The van der Waals surface area contributed by atoms with Crippen LogP contribution in [0.4, 0.5) is 11.8 Å². The van der Waals surface area contributed by atoms with Crippen LogP contribution in [0, 0.1) is 6.92 Å². The van der Waals surface area contributed by atoms with Gasteiger partial charge in [0.2, 0.25) is 5.95 Å². The third-order valence-electron chi connectivity index (χ3n) is 3.99. The van der Waals surface area contributed by atoms with Crippen LogP contribution in [0.15, 0.2) is 65.8 Å². The highest BCUT2D eigenvalue weighted by Gasteiger charge is 2.03. The molecular formula is C21H23N5O. The molecule has 3 aromatic rings. The minimum Gasteiger partial charge on any atom is -0.497 e. The number of anilines is 2. The molecule has 0 aliphatic carbocycles. The summed E-state index contributed by atoms with van der Waals surface area (Å²) < 4.78 is 5.18. The van der Waals surface area contributed by atoms with Gasteiger partial charge in [0, 0.05) is 18.3 Å². The van der Waals surface area contributed by atoms with Gasteiger partial charge in [-0.2, -0.15) is 10.1 Å². The normalized spacial score (nSPS) is 11.1. The van der Waals surface area contributed by atoms with Gasteiger partial charge in [0.1, 0.15) is 5.75 Å². The Bertz CT molecular complexity index is 908. The van der Waals surface area contributed by atoms with Gasteiger partial charge in [-0.1, -0.05) is 30.3 Å². The molecule has 1 aromatic heterocycles. The maximum absolute atomic E-state index is 5.18. The summed E-state index contributed by atoms with van der Waals surface area (Å²) in [5.41, 5.74) is 6.91. The fourth-order valence-electron chi connectivity index (χ4n) is 2.52. The first-order chi connectivity index (χ1) is 13.1. The second kappa shape index (κ2) is 8.80. The van der Waals surface area contributed by atoms with Crippen molar-refractivity contribution in [1.82, 2.24) is 9.97 Å². The number of aromatic nitrogens is 2. The van der Waals surface area contributed by atoms with Crippen LogP contribution in [0.5, 0.6) is 5.75 Å². The molecule has 0 spiro atoms. The van der Waals surface area contributed by atoms with E-state index in [1.54, 1.807) is 7.11 Å². The highest BCUT2D eigenvalue weighted by molar-refractivity contribution is 5.99. The topological polar surface area (TPSA) is 71.4 Å². The lowest BCUT2D eigenvalue weighted by atomic mass is 10.1. The van der Waals surface area contributed by atoms with E-state index in [4.69, 9.17) is 4.74 Å². The van der Waals surface area contributed by atoms with Crippen molar-refractivity contribution in [3.63, 3.8) is 0 Å². The first-order valence-electron chi connectivity index (χ1n) is 8.72. The summed E-state index contributed by atoms with van der Waals surface area (Å²) in [6.45, 7) is 4.54. The number of methoxy groups -OCH3 is 1. The number of hydrogen-bond donors (Lipinski definition) is 2. The highest BCUT2D eigenvalue weighted by Crippen LogP contribution is 2.14. The average Bonchev–Trinajstić information content (AvgIpc) is 2.71. The number of aryl methyl sites for hydroxylation is 1. The lowest BCUT2D eigenvalue weighted by molar-refractivity contribution is 0.415. The number of rotatable bonds is 7. The molecule has 0 aliphatic heterocycles. The van der Waals surface area contributed by atoms with Crippen molar-refractivity contribution in [2.45, 2.75) is 20.4 Å². The van der Waals surface area contributed by atoms with Crippen LogP contribution in [-0.2, 0) is 6.54 Å². The molecule has 2 N–H and O–H groups in total. The Morgan fingerprint density at radius 2 is 1.78 bits per heavy atom. The van der Waals surface area contributed by atoms with Crippen molar-refractivity contribution < 1.29 is 4.74 Å². The van der Waals surface area contributed by atoms with Gasteiger partial charge in [0.15, 0.2) is 5.82 Å². The zero-order valence-electron chi connectivity index (χ0n) is 15.7. The minimum atomic E-state index is 0.568. The monoisotopic (exact) mass is 361 g/mol. The molecule has 138 valence electrons. The Labute approximate surface area is 159 Å². The first-order valence-corrected chi connectivity index (χ1v) is 8.72. The predicted molar refractivity (Wildman–Crippen MR) is 109 cm³/mol. The summed E-state index contributed by atoms with van der Waals surface area (Å²) in [6, 6.07) is 19.8. The number of nitrogens with one attached hydrogen (secondary N) is 2. The van der Waals surface area contributed by atoms with Crippen LogP contribution in [-0.4, -0.2) is 22.8 Å². The van der Waals surface area contributed by atoms with Crippen molar-refractivity contribution in [1.29, 1.82) is 0 Å². The summed E-state index contributed by atoms with van der Waals surface area (Å²) in [4.78, 5) is 8.91. The van der Waals surface area contributed by atoms with E-state index in [9.17, 15) is 0 Å². The molecule has 0 saturated carbocycles. The molecule has 0 bridgehead atoms. The molecule has 6 heteroatoms. The van der Waals surface area contributed by atoms with Crippen LogP contribution in [0.1, 0.15) is 23.7 Å². The molecule has 0 amide bonds. The lowest BCUT2D eigenvalue weighted by Gasteiger charge is -2.09. The molecule has 27 heavy (non-hydrogen) atoms. The molecule has 0 atom stereocenters. The molecular weight excluding hydrogens is 338 g/mol. The molecule has 0 aliphatic rings. The van der Waals surface area contributed by atoms with Crippen molar-refractivity contribution in [3.8, 4) is 5.75 Å². The first kappa shape index (κ1) is 18.4. The highest BCUT2D eigenvalue weighted by atomic mass is 16.5. The van der Waals surface area contributed by atoms with Crippen molar-refractivity contribution in [3.05, 3.63) is 77.5 Å². The number of hydrogen-bond acceptors (Lipinski definition) is 6. The van der Waals surface area contributed by atoms with E-state index in [1.807, 2.05) is 62.4 Å². The fourth-order valence-corrected chi connectivity index (χ4v) is 2.52. The van der Waals surface area contributed by atoms with E-state index in [2.05, 4.69) is 37.9 Å². The average molecular weight is 361 g/mol. The van der Waals surface area contributed by atoms with Gasteiger partial charge in [0.25, 0.3) is 0 Å². The SMILES string of the molecule is COc1ccc(C(C)=NNc2cc(C)nc(NCc3ccccc3)n2)cc1. The Hall–Kier alpha value is -3.41. The maximum atomic E-state index is 5.18. The second-order valence-electron chi connectivity index (χ2n) is 6.09. The third-order valence-corrected chi connectivity index (χ3v) is 3.99. The summed E-state index contributed by atoms with van der Waals surface area (Å²) >= 11 is 0. The Morgan fingerprint density at radius 3 is 2.48 bits per heavy atom. The van der Waals surface area contributed by atoms with Gasteiger partial charge in [-0.3, -0.25) is 5.43 Å². The zero-order valence-corrected chi connectivity index (χ0v) is 15.7. The van der Waals surface area contributed by atoms with Crippen molar-refractivity contribution >= 4 is 17.5 Å². The third kappa shape index (κ3) is 5.28. The quantitative estimate of drug-likeness (QED) is 0.486. The van der Waals surface area contributed by atoms with Crippen LogP contribution in [0.3, 0.4) is 0 Å². The Balaban J connectivity index is 1.67. The molecule has 6 nitrogen and oxygen atoms in total. The van der Waals surface area contributed by atoms with Crippen molar-refractivity contribution in [2.75, 3.05) is 17.9 Å². The van der Waals surface area contributed by atoms with Gasteiger partial charge in [-0.15, -0.1) is 0 Å². The number of benzene rings is 2. The molecule has 0 unspecified atom stereocenters. The van der Waals surface area contributed by atoms with E-state index in [0.29, 0.717) is 18.3 Å². The standard InChI is InChI=1S/C21H23N5O/c1-15-13-20(24-21(23-15)22-14-17-7-5-4-6-8-17)26-25-16(2)18-9-11-19(27-3)12-10-18/h4-13H,14H2,1-3H3,(H2,22,23,24,26). The number of nitrogens with zero attached hydrogens (tertiary/aromatic N) is 3. The Morgan fingerprint density at radius 1 is 1.04 bits per heavy atom. The summed E-state index contributed by atoms with van der Waals surface area (Å²) in [5.74, 6) is 2.03. The smallest absolute Gasteiger partial charge is 0.225 e. The second-order valence-corrected chi connectivity index (χ2v) is 6.09. The van der Waals surface area contributed by atoms with E-state index >= 15 is 0 Å². The summed E-state index contributed by atoms with van der Waals surface area (Å²) in [6.07, 6.45) is 0. The fraction of sp³-hybridized carbons (Fsp3) is 0.190. The molecule has 0 radical (unpaired) electrons. The van der Waals surface area contributed by atoms with E-state index in [-0.39, 0.29) is 0 Å². The van der Waals surface area contributed by atoms with Gasteiger partial charge in [0.05, 0.1) is 12.8 Å². The maximum Gasteiger partial charge on any atom is 0.225 e. The van der Waals surface area contributed by atoms with Crippen LogP contribution in [0.2, 0.25) is 0 Å². The van der Waals surface area contributed by atoms with Crippen molar-refractivity contribution in [2.24, 2.45) is 5.10 Å². The van der Waals surface area contributed by atoms with Gasteiger partial charge >= 0.3 is 0 Å². The van der Waals surface area contributed by atoms with E-state index in [1.165, 1.54) is 5.56 Å². The molecule has 3 rings (SSSR count). The largest absolute Gasteiger partial charge is 0.497 e.